The van der Waals surface area contributed by atoms with Gasteiger partial charge in [-0.05, 0) is 55.7 Å². The molecule has 0 aliphatic carbocycles. The third kappa shape index (κ3) is 3.40. The zero-order valence-corrected chi connectivity index (χ0v) is 12.2. The molecule has 110 valence electrons. The zero-order valence-electron chi connectivity index (χ0n) is 12.2. The summed E-state index contributed by atoms with van der Waals surface area (Å²) >= 11 is 0. The first-order chi connectivity index (χ1) is 9.88. The van der Waals surface area contributed by atoms with Gasteiger partial charge in [-0.1, -0.05) is 12.1 Å². The fraction of sp³-hybridized carbons (Fsp3) is 0.235. The molecule has 0 spiro atoms. The summed E-state index contributed by atoms with van der Waals surface area (Å²) in [6, 6.07) is 7.65. The smallest absolute Gasteiger partial charge is 0.336 e. The van der Waals surface area contributed by atoms with Crippen LogP contribution in [-0.2, 0) is 6.61 Å². The van der Waals surface area contributed by atoms with Crippen molar-refractivity contribution in [2.24, 2.45) is 0 Å². The average molecular weight is 288 g/mol. The van der Waals surface area contributed by atoms with E-state index in [9.17, 15) is 9.18 Å². The summed E-state index contributed by atoms with van der Waals surface area (Å²) in [5.41, 5.74) is 3.58. The van der Waals surface area contributed by atoms with E-state index in [2.05, 4.69) is 6.07 Å². The first kappa shape index (κ1) is 15.0. The highest BCUT2D eigenvalue weighted by Crippen LogP contribution is 2.25. The molecule has 1 N–H and O–H groups in total. The summed E-state index contributed by atoms with van der Waals surface area (Å²) < 4.78 is 18.9. The van der Waals surface area contributed by atoms with Crippen molar-refractivity contribution in [1.29, 1.82) is 0 Å². The predicted molar refractivity (Wildman–Crippen MR) is 78.3 cm³/mol. The maximum absolute atomic E-state index is 13.1. The number of aromatic carboxylic acids is 1. The normalized spacial score (nSPS) is 10.5. The number of hydrogen-bond acceptors (Lipinski definition) is 2. The number of aryl methyl sites for hydroxylation is 2. The second-order valence-corrected chi connectivity index (χ2v) is 5.10. The monoisotopic (exact) mass is 288 g/mol. The van der Waals surface area contributed by atoms with Crippen LogP contribution >= 0.6 is 0 Å². The van der Waals surface area contributed by atoms with Crippen LogP contribution in [0.25, 0.3) is 0 Å². The number of carbonyl (C=O) groups is 1. The van der Waals surface area contributed by atoms with Crippen molar-refractivity contribution in [3.63, 3.8) is 0 Å². The Morgan fingerprint density at radius 1 is 1.19 bits per heavy atom. The Morgan fingerprint density at radius 2 is 1.90 bits per heavy atom. The first-order valence-corrected chi connectivity index (χ1v) is 6.61. The van der Waals surface area contributed by atoms with Gasteiger partial charge in [0.2, 0.25) is 0 Å². The van der Waals surface area contributed by atoms with Gasteiger partial charge in [0.15, 0.2) is 0 Å². The minimum Gasteiger partial charge on any atom is -0.489 e. The molecule has 2 aromatic carbocycles. The first-order valence-electron chi connectivity index (χ1n) is 6.61. The Bertz CT molecular complexity index is 693. The predicted octanol–water partition coefficient (Wildman–Crippen LogP) is 4.03. The van der Waals surface area contributed by atoms with Crippen molar-refractivity contribution >= 4 is 5.97 Å². The quantitative estimate of drug-likeness (QED) is 0.924. The van der Waals surface area contributed by atoms with E-state index in [4.69, 9.17) is 9.84 Å². The second kappa shape index (κ2) is 5.95. The SMILES string of the molecule is Cc1cc(C)c(C)c(OCc2ccc(F)cc2C(=O)O)c1. The molecule has 0 aliphatic rings. The third-order valence-corrected chi connectivity index (χ3v) is 3.45. The van der Waals surface area contributed by atoms with Gasteiger partial charge in [-0.25, -0.2) is 9.18 Å². The minimum absolute atomic E-state index is 0.0722. The molecule has 3 nitrogen and oxygen atoms in total. The molecule has 4 heteroatoms. The summed E-state index contributed by atoms with van der Waals surface area (Å²) in [6.45, 7) is 6.01. The Balaban J connectivity index is 2.27. The van der Waals surface area contributed by atoms with Gasteiger partial charge in [-0.15, -0.1) is 0 Å². The number of carboxylic acid groups (broad SMARTS) is 1. The van der Waals surface area contributed by atoms with Crippen molar-refractivity contribution in [2.45, 2.75) is 27.4 Å². The lowest BCUT2D eigenvalue weighted by molar-refractivity contribution is 0.0693. The Kier molecular flexibility index (Phi) is 4.26. The number of rotatable bonds is 4. The van der Waals surface area contributed by atoms with E-state index >= 15 is 0 Å². The van der Waals surface area contributed by atoms with Crippen LogP contribution in [0, 0.1) is 26.6 Å². The molecule has 0 fully saturated rings. The molecule has 0 amide bonds. The van der Waals surface area contributed by atoms with Crippen molar-refractivity contribution in [3.05, 3.63) is 64.0 Å². The highest BCUT2D eigenvalue weighted by Gasteiger charge is 2.12. The maximum atomic E-state index is 13.1. The molecule has 0 radical (unpaired) electrons. The molecule has 2 aromatic rings. The summed E-state index contributed by atoms with van der Waals surface area (Å²) in [5.74, 6) is -1.02. The topological polar surface area (TPSA) is 46.5 Å². The lowest BCUT2D eigenvalue weighted by Crippen LogP contribution is -2.07. The van der Waals surface area contributed by atoms with Gasteiger partial charge in [0, 0.05) is 5.56 Å². The van der Waals surface area contributed by atoms with E-state index in [0.29, 0.717) is 11.3 Å². The van der Waals surface area contributed by atoms with E-state index in [1.807, 2.05) is 26.8 Å². The Hall–Kier alpha value is -2.36. The molecule has 0 aromatic heterocycles. The van der Waals surface area contributed by atoms with Crippen LogP contribution < -0.4 is 4.74 Å². The highest BCUT2D eigenvalue weighted by atomic mass is 19.1. The van der Waals surface area contributed by atoms with Crippen molar-refractivity contribution in [2.75, 3.05) is 0 Å². The van der Waals surface area contributed by atoms with Gasteiger partial charge < -0.3 is 9.84 Å². The molecule has 0 atom stereocenters. The van der Waals surface area contributed by atoms with Gasteiger partial charge in [0.05, 0.1) is 5.56 Å². The largest absolute Gasteiger partial charge is 0.489 e. The van der Waals surface area contributed by atoms with Crippen LogP contribution in [0.5, 0.6) is 5.75 Å². The van der Waals surface area contributed by atoms with E-state index in [1.165, 1.54) is 12.1 Å². The fourth-order valence-electron chi connectivity index (χ4n) is 2.18. The third-order valence-electron chi connectivity index (χ3n) is 3.45. The van der Waals surface area contributed by atoms with Crippen molar-refractivity contribution < 1.29 is 19.0 Å². The van der Waals surface area contributed by atoms with Gasteiger partial charge in [0.1, 0.15) is 18.2 Å². The molecule has 2 rings (SSSR count). The van der Waals surface area contributed by atoms with Crippen LogP contribution in [-0.4, -0.2) is 11.1 Å². The molecule has 21 heavy (non-hydrogen) atoms. The van der Waals surface area contributed by atoms with Crippen LogP contribution in [0.15, 0.2) is 30.3 Å². The number of halogens is 1. The molecule has 0 saturated heterocycles. The molecule has 0 bridgehead atoms. The maximum Gasteiger partial charge on any atom is 0.336 e. The minimum atomic E-state index is -1.16. The number of ether oxygens (including phenoxy) is 1. The fourth-order valence-corrected chi connectivity index (χ4v) is 2.18. The van der Waals surface area contributed by atoms with Crippen molar-refractivity contribution in [3.8, 4) is 5.75 Å². The Morgan fingerprint density at radius 3 is 2.57 bits per heavy atom. The summed E-state index contributed by atoms with van der Waals surface area (Å²) in [6.07, 6.45) is 0. The van der Waals surface area contributed by atoms with Gasteiger partial charge in [-0.3, -0.25) is 0 Å². The molecule has 0 saturated carbocycles. The highest BCUT2D eigenvalue weighted by molar-refractivity contribution is 5.89. The van der Waals surface area contributed by atoms with Crippen LogP contribution in [0.1, 0.15) is 32.6 Å². The molecule has 0 aliphatic heterocycles. The lowest BCUT2D eigenvalue weighted by atomic mass is 10.1. The number of carboxylic acids is 1. The van der Waals surface area contributed by atoms with Crippen LogP contribution in [0.4, 0.5) is 4.39 Å². The van der Waals surface area contributed by atoms with Gasteiger partial charge in [-0.2, -0.15) is 0 Å². The Labute approximate surface area is 123 Å². The summed E-state index contributed by atoms with van der Waals surface area (Å²) in [4.78, 5) is 11.1. The number of benzene rings is 2. The molecule has 0 unspecified atom stereocenters. The molecule has 0 heterocycles. The lowest BCUT2D eigenvalue weighted by Gasteiger charge is -2.13. The summed E-state index contributed by atoms with van der Waals surface area (Å²) in [7, 11) is 0. The van der Waals surface area contributed by atoms with E-state index in [0.717, 1.165) is 22.8 Å². The molecular formula is C17H17FO3. The number of hydrogen-bond donors (Lipinski definition) is 1. The van der Waals surface area contributed by atoms with E-state index in [1.54, 1.807) is 0 Å². The van der Waals surface area contributed by atoms with E-state index in [-0.39, 0.29) is 12.2 Å². The van der Waals surface area contributed by atoms with Crippen LogP contribution in [0.3, 0.4) is 0 Å². The standard InChI is InChI=1S/C17H17FO3/c1-10-6-11(2)12(3)16(7-10)21-9-13-4-5-14(18)8-15(13)17(19)20/h4-8H,9H2,1-3H3,(H,19,20). The van der Waals surface area contributed by atoms with Crippen LogP contribution in [0.2, 0.25) is 0 Å². The second-order valence-electron chi connectivity index (χ2n) is 5.10. The van der Waals surface area contributed by atoms with Gasteiger partial charge >= 0.3 is 5.97 Å². The summed E-state index contributed by atoms with van der Waals surface area (Å²) in [5, 5.41) is 9.11. The van der Waals surface area contributed by atoms with Gasteiger partial charge in [0.25, 0.3) is 0 Å². The van der Waals surface area contributed by atoms with Crippen molar-refractivity contribution in [1.82, 2.24) is 0 Å². The van der Waals surface area contributed by atoms with E-state index < -0.39 is 11.8 Å². The average Bonchev–Trinajstić information content (AvgIpc) is 2.42. The molecular weight excluding hydrogens is 271 g/mol. The zero-order chi connectivity index (χ0) is 15.6.